The number of furan rings is 1. The predicted octanol–water partition coefficient (Wildman–Crippen LogP) is 4.48. The summed E-state index contributed by atoms with van der Waals surface area (Å²) in [7, 11) is 1.78. The average molecular weight is 436 g/mol. The van der Waals surface area contributed by atoms with Crippen molar-refractivity contribution in [1.29, 1.82) is 0 Å². The van der Waals surface area contributed by atoms with Gasteiger partial charge in [0.25, 0.3) is 5.91 Å². The second-order valence-corrected chi connectivity index (χ2v) is 8.53. The maximum atomic E-state index is 13.3. The normalized spacial score (nSPS) is 15.3. The molecule has 0 bridgehead atoms. The van der Waals surface area contributed by atoms with Gasteiger partial charge in [-0.15, -0.1) is 11.3 Å². The number of thiophene rings is 1. The summed E-state index contributed by atoms with van der Waals surface area (Å²) >= 11 is 1.38. The van der Waals surface area contributed by atoms with Crippen LogP contribution in [0.3, 0.4) is 0 Å². The molecule has 1 aliphatic rings. The Morgan fingerprint density at radius 3 is 2.74 bits per heavy atom. The number of hydrogen-bond acceptors (Lipinski definition) is 7. The third kappa shape index (κ3) is 3.53. The van der Waals surface area contributed by atoms with Crippen molar-refractivity contribution in [3.05, 3.63) is 58.8 Å². The van der Waals surface area contributed by atoms with Crippen LogP contribution in [0.15, 0.2) is 47.1 Å². The number of fused-ring (bicyclic) bond motifs is 2. The van der Waals surface area contributed by atoms with Gasteiger partial charge in [-0.1, -0.05) is 12.1 Å². The number of carbonyl (C=O) groups is 1. The van der Waals surface area contributed by atoms with Gasteiger partial charge in [-0.2, -0.15) is 0 Å². The third-order valence-electron chi connectivity index (χ3n) is 5.30. The quantitative estimate of drug-likeness (QED) is 0.470. The lowest BCUT2D eigenvalue weighted by Crippen LogP contribution is -2.41. The van der Waals surface area contributed by atoms with Crippen LogP contribution in [-0.4, -0.2) is 47.1 Å². The summed E-state index contributed by atoms with van der Waals surface area (Å²) in [6, 6.07) is 11.2. The van der Waals surface area contributed by atoms with E-state index in [-0.39, 0.29) is 12.0 Å². The smallest absolute Gasteiger partial charge is 0.264 e. The molecule has 3 aromatic heterocycles. The molecule has 0 saturated carbocycles. The van der Waals surface area contributed by atoms with Crippen LogP contribution in [0.2, 0.25) is 0 Å². The van der Waals surface area contributed by atoms with E-state index >= 15 is 0 Å². The Balaban J connectivity index is 1.39. The van der Waals surface area contributed by atoms with Crippen LogP contribution in [0.5, 0.6) is 11.5 Å². The van der Waals surface area contributed by atoms with Crippen LogP contribution in [0, 0.1) is 13.8 Å². The van der Waals surface area contributed by atoms with E-state index in [1.807, 2.05) is 44.2 Å². The number of likely N-dealkylation sites (N-methyl/N-ethyl adjacent to an activating group) is 1. The fourth-order valence-corrected chi connectivity index (χ4v) is 5.00. The number of para-hydroxylation sites is 2. The van der Waals surface area contributed by atoms with Gasteiger partial charge in [0.1, 0.15) is 11.4 Å². The Hall–Kier alpha value is -3.39. The zero-order chi connectivity index (χ0) is 21.5. The van der Waals surface area contributed by atoms with E-state index in [9.17, 15) is 4.79 Å². The summed E-state index contributed by atoms with van der Waals surface area (Å²) in [4.78, 5) is 25.6. The molecule has 0 unspecified atom stereocenters. The lowest BCUT2D eigenvalue weighted by Gasteiger charge is -2.29. The topological polar surface area (TPSA) is 77.7 Å². The minimum Gasteiger partial charge on any atom is -0.486 e. The molecule has 4 aromatic rings. The third-order valence-corrected chi connectivity index (χ3v) is 6.47. The average Bonchev–Trinajstić information content (AvgIpc) is 3.41. The zero-order valence-corrected chi connectivity index (χ0v) is 18.2. The van der Waals surface area contributed by atoms with Crippen molar-refractivity contribution in [2.45, 2.75) is 20.0 Å². The maximum absolute atomic E-state index is 13.3. The molecule has 1 atom stereocenters. The van der Waals surface area contributed by atoms with E-state index in [0.717, 1.165) is 27.2 Å². The van der Waals surface area contributed by atoms with Crippen LogP contribution in [0.4, 0.5) is 0 Å². The number of carbonyl (C=O) groups excluding carboxylic acids is 1. The lowest BCUT2D eigenvalue weighted by molar-refractivity contribution is 0.0523. The van der Waals surface area contributed by atoms with Crippen molar-refractivity contribution >= 4 is 27.5 Å². The van der Waals surface area contributed by atoms with Crippen LogP contribution in [-0.2, 0) is 0 Å². The van der Waals surface area contributed by atoms with Gasteiger partial charge in [-0.05, 0) is 43.7 Å². The SMILES string of the molecule is Cc1nc(-c2ccco2)nc2sc(C(=O)N(C)C[C@H]3COc4ccccc4O3)c(C)c12. The Bertz CT molecular complexity index is 1270. The van der Waals surface area contributed by atoms with Gasteiger partial charge in [-0.25, -0.2) is 9.97 Å². The molecule has 1 amide bonds. The molecule has 4 heterocycles. The van der Waals surface area contributed by atoms with E-state index < -0.39 is 0 Å². The number of benzene rings is 1. The first-order chi connectivity index (χ1) is 15.0. The number of ether oxygens (including phenoxy) is 2. The van der Waals surface area contributed by atoms with E-state index in [1.165, 1.54) is 11.3 Å². The van der Waals surface area contributed by atoms with Crippen molar-refractivity contribution in [1.82, 2.24) is 14.9 Å². The van der Waals surface area contributed by atoms with Crippen molar-refractivity contribution < 1.29 is 18.7 Å². The summed E-state index contributed by atoms with van der Waals surface area (Å²) in [5.41, 5.74) is 1.72. The Labute approximate surface area is 183 Å². The van der Waals surface area contributed by atoms with Crippen molar-refractivity contribution in [3.8, 4) is 23.1 Å². The molecule has 0 N–H and O–H groups in total. The zero-order valence-electron chi connectivity index (χ0n) is 17.4. The molecular formula is C23H21N3O4S. The van der Waals surface area contributed by atoms with E-state index in [4.69, 9.17) is 13.9 Å². The monoisotopic (exact) mass is 435 g/mol. The van der Waals surface area contributed by atoms with Gasteiger partial charge in [0.2, 0.25) is 0 Å². The van der Waals surface area contributed by atoms with Gasteiger partial charge >= 0.3 is 0 Å². The molecule has 7 nitrogen and oxygen atoms in total. The van der Waals surface area contributed by atoms with Crippen LogP contribution in [0.1, 0.15) is 20.9 Å². The molecule has 5 rings (SSSR count). The Morgan fingerprint density at radius 2 is 1.97 bits per heavy atom. The highest BCUT2D eigenvalue weighted by Crippen LogP contribution is 2.34. The number of nitrogens with zero attached hydrogens (tertiary/aromatic N) is 3. The summed E-state index contributed by atoms with van der Waals surface area (Å²) in [6.07, 6.45) is 1.36. The molecule has 1 aromatic carbocycles. The molecule has 158 valence electrons. The summed E-state index contributed by atoms with van der Waals surface area (Å²) in [5, 5.41) is 0.920. The standard InChI is InChI=1S/C23H21N3O4S/c1-13-19-14(2)24-21(18-9-6-10-28-18)25-22(19)31-20(13)23(27)26(3)11-15-12-29-16-7-4-5-8-17(16)30-15/h4-10,15H,11-12H2,1-3H3/t15-/m0/s1. The molecule has 0 fully saturated rings. The molecule has 1 aliphatic heterocycles. The largest absolute Gasteiger partial charge is 0.486 e. The molecule has 31 heavy (non-hydrogen) atoms. The minimum absolute atomic E-state index is 0.0677. The van der Waals surface area contributed by atoms with Crippen molar-refractivity contribution in [3.63, 3.8) is 0 Å². The van der Waals surface area contributed by atoms with E-state index in [1.54, 1.807) is 24.3 Å². The second kappa shape index (κ2) is 7.70. The second-order valence-electron chi connectivity index (χ2n) is 7.53. The van der Waals surface area contributed by atoms with Crippen LogP contribution < -0.4 is 9.47 Å². The first kappa shape index (κ1) is 19.6. The van der Waals surface area contributed by atoms with E-state index in [2.05, 4.69) is 9.97 Å². The van der Waals surface area contributed by atoms with Gasteiger partial charge in [0.15, 0.2) is 29.2 Å². The fraction of sp³-hybridized carbons (Fsp3) is 0.261. The molecular weight excluding hydrogens is 414 g/mol. The van der Waals surface area contributed by atoms with Gasteiger partial charge < -0.3 is 18.8 Å². The summed E-state index contributed by atoms with van der Waals surface area (Å²) in [6.45, 7) is 4.69. The lowest BCUT2D eigenvalue weighted by atomic mass is 10.1. The van der Waals surface area contributed by atoms with E-state index in [0.29, 0.717) is 35.4 Å². The summed E-state index contributed by atoms with van der Waals surface area (Å²) < 4.78 is 17.2. The number of hydrogen-bond donors (Lipinski definition) is 0. The highest BCUT2D eigenvalue weighted by Gasteiger charge is 2.27. The van der Waals surface area contributed by atoms with Crippen molar-refractivity contribution in [2.75, 3.05) is 20.2 Å². The first-order valence-corrected chi connectivity index (χ1v) is 10.8. The molecule has 0 spiro atoms. The molecule has 0 aliphatic carbocycles. The Kier molecular flexibility index (Phi) is 4.86. The number of aromatic nitrogens is 2. The minimum atomic E-state index is -0.231. The van der Waals surface area contributed by atoms with Crippen LogP contribution in [0.25, 0.3) is 21.8 Å². The fourth-order valence-electron chi connectivity index (χ4n) is 3.77. The maximum Gasteiger partial charge on any atom is 0.264 e. The molecule has 8 heteroatoms. The van der Waals surface area contributed by atoms with Gasteiger partial charge in [0, 0.05) is 12.4 Å². The first-order valence-electron chi connectivity index (χ1n) is 9.97. The van der Waals surface area contributed by atoms with Crippen LogP contribution >= 0.6 is 11.3 Å². The molecule has 0 saturated heterocycles. The predicted molar refractivity (Wildman–Crippen MR) is 118 cm³/mol. The number of rotatable bonds is 4. The summed E-state index contributed by atoms with van der Waals surface area (Å²) in [5.74, 6) is 2.50. The highest BCUT2D eigenvalue weighted by atomic mass is 32.1. The molecule has 0 radical (unpaired) electrons. The Morgan fingerprint density at radius 1 is 1.16 bits per heavy atom. The van der Waals surface area contributed by atoms with Crippen molar-refractivity contribution in [2.24, 2.45) is 0 Å². The highest BCUT2D eigenvalue weighted by molar-refractivity contribution is 7.20. The number of amides is 1. The number of aryl methyl sites for hydroxylation is 2. The van der Waals surface area contributed by atoms with Gasteiger partial charge in [0.05, 0.1) is 23.4 Å². The van der Waals surface area contributed by atoms with Gasteiger partial charge in [-0.3, -0.25) is 4.79 Å².